The van der Waals surface area contributed by atoms with E-state index in [9.17, 15) is 29.9 Å². The van der Waals surface area contributed by atoms with Crippen LogP contribution in [-0.4, -0.2) is 26.7 Å². The number of ketones is 2. The van der Waals surface area contributed by atoms with Gasteiger partial charge < -0.3 is 15.5 Å². The average molecular weight is 376 g/mol. The van der Waals surface area contributed by atoms with Crippen molar-refractivity contribution in [2.45, 2.75) is 0 Å². The molecule has 3 aromatic rings. The molecule has 0 fully saturated rings. The van der Waals surface area contributed by atoms with Crippen LogP contribution in [0.2, 0.25) is 0 Å². The molecule has 1 aliphatic carbocycles. The van der Waals surface area contributed by atoms with Gasteiger partial charge in [0, 0.05) is 16.8 Å². The third-order valence-electron chi connectivity index (χ3n) is 4.51. The monoisotopic (exact) mass is 376 g/mol. The second-order valence-electron chi connectivity index (χ2n) is 6.14. The molecule has 0 spiro atoms. The van der Waals surface area contributed by atoms with Gasteiger partial charge >= 0.3 is 5.69 Å². The van der Waals surface area contributed by atoms with E-state index in [0.717, 1.165) is 6.07 Å². The lowest BCUT2D eigenvalue weighted by molar-refractivity contribution is -0.386. The molecule has 4 rings (SSSR count). The molecule has 0 aliphatic heterocycles. The van der Waals surface area contributed by atoms with Gasteiger partial charge in [0.2, 0.25) is 5.78 Å². The van der Waals surface area contributed by atoms with Crippen LogP contribution in [0.1, 0.15) is 31.8 Å². The van der Waals surface area contributed by atoms with Crippen molar-refractivity contribution in [2.75, 3.05) is 5.32 Å². The molecule has 0 saturated heterocycles. The van der Waals surface area contributed by atoms with Crippen LogP contribution in [0.5, 0.6) is 11.5 Å². The molecule has 0 heterocycles. The number of benzene rings is 3. The maximum absolute atomic E-state index is 13.2. The highest BCUT2D eigenvalue weighted by molar-refractivity contribution is 6.32. The minimum Gasteiger partial charge on any atom is -0.506 e. The van der Waals surface area contributed by atoms with Gasteiger partial charge in [0.25, 0.3) is 0 Å². The summed E-state index contributed by atoms with van der Waals surface area (Å²) in [5.41, 5.74) is -1.17. The van der Waals surface area contributed by atoms with Gasteiger partial charge in [-0.05, 0) is 36.4 Å². The number of phenols is 2. The molecule has 3 N–H and O–H groups in total. The number of anilines is 2. The topological polar surface area (TPSA) is 130 Å². The number of nitro benzene ring substituents is 1. The summed E-state index contributed by atoms with van der Waals surface area (Å²) in [6.45, 7) is 0. The van der Waals surface area contributed by atoms with Crippen molar-refractivity contribution in [2.24, 2.45) is 0 Å². The second kappa shape index (κ2) is 6.20. The summed E-state index contributed by atoms with van der Waals surface area (Å²) in [6, 6.07) is 13.4. The predicted molar refractivity (Wildman–Crippen MR) is 99.5 cm³/mol. The van der Waals surface area contributed by atoms with E-state index < -0.39 is 33.5 Å². The number of hydrogen-bond acceptors (Lipinski definition) is 7. The summed E-state index contributed by atoms with van der Waals surface area (Å²) in [6.07, 6.45) is 0. The first-order valence-electron chi connectivity index (χ1n) is 8.18. The van der Waals surface area contributed by atoms with Gasteiger partial charge in [-0.2, -0.15) is 0 Å². The van der Waals surface area contributed by atoms with Crippen LogP contribution in [0.4, 0.5) is 17.1 Å². The number of nitro groups is 1. The molecular weight excluding hydrogens is 364 g/mol. The smallest absolute Gasteiger partial charge is 0.322 e. The summed E-state index contributed by atoms with van der Waals surface area (Å²) in [7, 11) is 0. The van der Waals surface area contributed by atoms with Gasteiger partial charge in [0.15, 0.2) is 11.5 Å². The molecule has 0 bridgehead atoms. The summed E-state index contributed by atoms with van der Waals surface area (Å²) >= 11 is 0. The van der Waals surface area contributed by atoms with E-state index in [1.165, 1.54) is 18.2 Å². The Hall–Kier alpha value is -4.20. The van der Waals surface area contributed by atoms with Gasteiger partial charge in [-0.15, -0.1) is 0 Å². The first-order chi connectivity index (χ1) is 13.4. The third kappa shape index (κ3) is 2.47. The van der Waals surface area contributed by atoms with E-state index in [-0.39, 0.29) is 28.1 Å². The number of hydrogen-bond donors (Lipinski definition) is 3. The molecule has 0 amide bonds. The molecule has 8 nitrogen and oxygen atoms in total. The number of nitrogens with zero attached hydrogens (tertiary/aromatic N) is 1. The molecular formula is C20H12N2O6. The van der Waals surface area contributed by atoms with Crippen LogP contribution in [0.3, 0.4) is 0 Å². The summed E-state index contributed by atoms with van der Waals surface area (Å²) < 4.78 is 0. The summed E-state index contributed by atoms with van der Waals surface area (Å²) in [5.74, 6) is -2.45. The van der Waals surface area contributed by atoms with Crippen molar-refractivity contribution < 1.29 is 24.7 Å². The molecule has 28 heavy (non-hydrogen) atoms. The molecule has 0 unspecified atom stereocenters. The molecule has 3 aromatic carbocycles. The molecule has 138 valence electrons. The Morgan fingerprint density at radius 2 is 1.39 bits per heavy atom. The Morgan fingerprint density at radius 3 is 2.04 bits per heavy atom. The second-order valence-corrected chi connectivity index (χ2v) is 6.14. The average Bonchev–Trinajstić information content (AvgIpc) is 2.68. The van der Waals surface area contributed by atoms with Crippen molar-refractivity contribution in [3.63, 3.8) is 0 Å². The Bertz CT molecular complexity index is 1170. The highest BCUT2D eigenvalue weighted by Gasteiger charge is 2.39. The fourth-order valence-corrected chi connectivity index (χ4v) is 3.26. The predicted octanol–water partition coefficient (Wildman–Crippen LogP) is 3.53. The van der Waals surface area contributed by atoms with Crippen molar-refractivity contribution in [1.29, 1.82) is 0 Å². The van der Waals surface area contributed by atoms with E-state index in [0.29, 0.717) is 5.69 Å². The Balaban J connectivity index is 1.98. The van der Waals surface area contributed by atoms with Crippen molar-refractivity contribution in [3.05, 3.63) is 87.0 Å². The van der Waals surface area contributed by atoms with E-state index >= 15 is 0 Å². The maximum Gasteiger partial charge on any atom is 0.322 e. The normalized spacial score (nSPS) is 12.3. The number of aromatic hydroxyl groups is 2. The van der Waals surface area contributed by atoms with Crippen LogP contribution >= 0.6 is 0 Å². The summed E-state index contributed by atoms with van der Waals surface area (Å²) in [4.78, 5) is 36.6. The van der Waals surface area contributed by atoms with E-state index in [2.05, 4.69) is 5.32 Å². The van der Waals surface area contributed by atoms with E-state index in [1.807, 2.05) is 0 Å². The third-order valence-corrected chi connectivity index (χ3v) is 4.51. The lowest BCUT2D eigenvalue weighted by Gasteiger charge is -2.21. The molecule has 0 saturated carbocycles. The number of rotatable bonds is 3. The first kappa shape index (κ1) is 17.2. The Morgan fingerprint density at radius 1 is 0.786 bits per heavy atom. The fourth-order valence-electron chi connectivity index (χ4n) is 3.26. The molecule has 0 radical (unpaired) electrons. The van der Waals surface area contributed by atoms with Crippen LogP contribution in [-0.2, 0) is 0 Å². The largest absolute Gasteiger partial charge is 0.506 e. The molecule has 0 aromatic heterocycles. The van der Waals surface area contributed by atoms with Crippen molar-refractivity contribution in [1.82, 2.24) is 0 Å². The lowest BCUT2D eigenvalue weighted by atomic mass is 9.82. The minimum absolute atomic E-state index is 0.00807. The highest BCUT2D eigenvalue weighted by Crippen LogP contribution is 2.43. The number of nitrogens with one attached hydrogen (secondary N) is 1. The van der Waals surface area contributed by atoms with Gasteiger partial charge in [-0.25, -0.2) is 0 Å². The maximum atomic E-state index is 13.2. The standard InChI is InChI=1S/C20H12N2O6/c23-13-8-6-11-15(17(13)21-10-4-2-1-3-5-10)20(26)16-12(19(11)25)7-9-14(24)18(16)22(27)28/h1-9,21,23-24H. The molecule has 1 aliphatic rings. The van der Waals surface area contributed by atoms with Crippen LogP contribution in [0.25, 0.3) is 0 Å². The molecule has 0 atom stereocenters. The number of carbonyl (C=O) groups excluding carboxylic acids is 2. The van der Waals surface area contributed by atoms with Crippen LogP contribution in [0.15, 0.2) is 54.6 Å². The van der Waals surface area contributed by atoms with Crippen molar-refractivity contribution >= 4 is 28.6 Å². The SMILES string of the molecule is O=C1c2ccc(O)c(Nc3ccccc3)c2C(=O)c2c1ccc(O)c2[N+](=O)[O-]. The van der Waals surface area contributed by atoms with Gasteiger partial charge in [0.1, 0.15) is 11.3 Å². The van der Waals surface area contributed by atoms with Gasteiger partial charge in [-0.3, -0.25) is 19.7 Å². The number of fused-ring (bicyclic) bond motifs is 2. The van der Waals surface area contributed by atoms with E-state index in [4.69, 9.17) is 0 Å². The lowest BCUT2D eigenvalue weighted by Crippen LogP contribution is -2.23. The quantitative estimate of drug-likeness (QED) is 0.283. The minimum atomic E-state index is -0.905. The summed E-state index contributed by atoms with van der Waals surface area (Å²) in [5, 5.41) is 34.5. The van der Waals surface area contributed by atoms with E-state index in [1.54, 1.807) is 30.3 Å². The van der Waals surface area contributed by atoms with Gasteiger partial charge in [0.05, 0.1) is 16.2 Å². The number of para-hydroxylation sites is 1. The first-order valence-corrected chi connectivity index (χ1v) is 8.18. The van der Waals surface area contributed by atoms with Crippen molar-refractivity contribution in [3.8, 4) is 11.5 Å². The van der Waals surface area contributed by atoms with Gasteiger partial charge in [-0.1, -0.05) is 18.2 Å². The fraction of sp³-hybridized carbons (Fsp3) is 0. The Kier molecular flexibility index (Phi) is 3.82. The zero-order valence-electron chi connectivity index (χ0n) is 14.2. The zero-order valence-corrected chi connectivity index (χ0v) is 14.2. The highest BCUT2D eigenvalue weighted by atomic mass is 16.6. The molecule has 8 heteroatoms. The van der Waals surface area contributed by atoms with Crippen LogP contribution in [0, 0.1) is 10.1 Å². The zero-order chi connectivity index (χ0) is 20.0. The number of carbonyl (C=O) groups is 2. The number of phenolic OH excluding ortho intramolecular Hbond substituents is 2. The van der Waals surface area contributed by atoms with Crippen LogP contribution < -0.4 is 5.32 Å². The Labute approximate surface area is 157 Å².